The number of hydrogen-bond acceptors (Lipinski definition) is 5. The topological polar surface area (TPSA) is 118 Å². The van der Waals surface area contributed by atoms with E-state index in [1.54, 1.807) is 0 Å². The standard InChI is InChI=1S/C17H9BrO7/c1-25-13-5-9-8(4-12(13)18)14(19)6-2-10(16(21)22)11(17(23)24)3-7(6)15(9)20/h2-5H,1H3,(H,21,22)(H,23,24). The molecule has 126 valence electrons. The van der Waals surface area contributed by atoms with Gasteiger partial charge in [-0.1, -0.05) is 0 Å². The number of fused-ring (bicyclic) bond motifs is 2. The average Bonchev–Trinajstić information content (AvgIpc) is 2.58. The van der Waals surface area contributed by atoms with Crippen LogP contribution in [0.25, 0.3) is 0 Å². The summed E-state index contributed by atoms with van der Waals surface area (Å²) in [6.45, 7) is 0. The number of aromatic carboxylic acids is 2. The first-order valence-electron chi connectivity index (χ1n) is 6.87. The van der Waals surface area contributed by atoms with E-state index in [1.807, 2.05) is 0 Å². The molecule has 0 saturated heterocycles. The largest absolute Gasteiger partial charge is 0.496 e. The predicted octanol–water partition coefficient (Wildman–Crippen LogP) is 2.63. The summed E-state index contributed by atoms with van der Waals surface area (Å²) in [5.74, 6) is -3.80. The van der Waals surface area contributed by atoms with Gasteiger partial charge in [0.25, 0.3) is 0 Å². The highest BCUT2D eigenvalue weighted by atomic mass is 79.9. The Balaban J connectivity index is 2.32. The first-order chi connectivity index (χ1) is 11.8. The van der Waals surface area contributed by atoms with Gasteiger partial charge in [-0.25, -0.2) is 9.59 Å². The van der Waals surface area contributed by atoms with Gasteiger partial charge in [0, 0.05) is 22.3 Å². The summed E-state index contributed by atoms with van der Waals surface area (Å²) in [4.78, 5) is 48.0. The minimum atomic E-state index is -1.50. The highest BCUT2D eigenvalue weighted by molar-refractivity contribution is 9.10. The van der Waals surface area contributed by atoms with Gasteiger partial charge >= 0.3 is 11.9 Å². The van der Waals surface area contributed by atoms with Crippen molar-refractivity contribution in [1.82, 2.24) is 0 Å². The fourth-order valence-corrected chi connectivity index (χ4v) is 3.21. The van der Waals surface area contributed by atoms with Crippen LogP contribution < -0.4 is 4.74 Å². The molecule has 0 fully saturated rings. The molecular formula is C17H9BrO7. The lowest BCUT2D eigenvalue weighted by molar-refractivity contribution is 0.0651. The minimum absolute atomic E-state index is 0.0666. The van der Waals surface area contributed by atoms with Gasteiger partial charge in [0.2, 0.25) is 0 Å². The first kappa shape index (κ1) is 16.8. The van der Waals surface area contributed by atoms with Gasteiger partial charge in [-0.05, 0) is 40.2 Å². The van der Waals surface area contributed by atoms with Crippen LogP contribution in [0.2, 0.25) is 0 Å². The number of methoxy groups -OCH3 is 1. The van der Waals surface area contributed by atoms with E-state index in [1.165, 1.54) is 19.2 Å². The van der Waals surface area contributed by atoms with Crippen molar-refractivity contribution in [2.75, 3.05) is 7.11 Å². The van der Waals surface area contributed by atoms with Crippen LogP contribution in [0.4, 0.5) is 0 Å². The number of carboxylic acid groups (broad SMARTS) is 2. The Hall–Kier alpha value is -3.00. The number of carbonyl (C=O) groups is 4. The van der Waals surface area contributed by atoms with Crippen LogP contribution in [0, 0.1) is 0 Å². The van der Waals surface area contributed by atoms with E-state index in [0.29, 0.717) is 10.2 Å². The Labute approximate surface area is 149 Å². The molecule has 7 nitrogen and oxygen atoms in total. The molecule has 2 N–H and O–H groups in total. The molecule has 1 aliphatic rings. The highest BCUT2D eigenvalue weighted by Crippen LogP contribution is 2.35. The van der Waals surface area contributed by atoms with Gasteiger partial charge in [0.1, 0.15) is 5.75 Å². The van der Waals surface area contributed by atoms with Crippen molar-refractivity contribution in [3.63, 3.8) is 0 Å². The summed E-state index contributed by atoms with van der Waals surface area (Å²) < 4.78 is 5.57. The monoisotopic (exact) mass is 404 g/mol. The predicted molar refractivity (Wildman–Crippen MR) is 87.9 cm³/mol. The van der Waals surface area contributed by atoms with Gasteiger partial charge in [-0.3, -0.25) is 9.59 Å². The van der Waals surface area contributed by atoms with Crippen LogP contribution in [0.5, 0.6) is 5.75 Å². The van der Waals surface area contributed by atoms with Crippen molar-refractivity contribution >= 4 is 39.4 Å². The minimum Gasteiger partial charge on any atom is -0.496 e. The van der Waals surface area contributed by atoms with Crippen molar-refractivity contribution in [3.8, 4) is 5.75 Å². The molecule has 0 amide bonds. The maximum Gasteiger partial charge on any atom is 0.336 e. The van der Waals surface area contributed by atoms with Gasteiger partial charge in [-0.15, -0.1) is 0 Å². The summed E-state index contributed by atoms with van der Waals surface area (Å²) in [7, 11) is 1.40. The SMILES string of the molecule is COc1cc2c(cc1Br)C(=O)c1cc(C(=O)O)c(C(=O)O)cc1C2=O. The number of hydrogen-bond donors (Lipinski definition) is 2. The molecule has 0 aliphatic heterocycles. The molecule has 0 aromatic heterocycles. The third-order valence-corrected chi connectivity index (χ3v) is 4.51. The number of ketones is 2. The van der Waals surface area contributed by atoms with E-state index in [4.69, 9.17) is 4.74 Å². The van der Waals surface area contributed by atoms with Crippen LogP contribution >= 0.6 is 15.9 Å². The van der Waals surface area contributed by atoms with E-state index >= 15 is 0 Å². The second kappa shape index (κ2) is 5.82. The van der Waals surface area contributed by atoms with E-state index in [2.05, 4.69) is 15.9 Å². The van der Waals surface area contributed by atoms with Gasteiger partial charge in [-0.2, -0.15) is 0 Å². The Morgan fingerprint density at radius 3 is 1.64 bits per heavy atom. The molecule has 0 saturated carbocycles. The van der Waals surface area contributed by atoms with Crippen molar-refractivity contribution in [2.45, 2.75) is 0 Å². The molecule has 8 heteroatoms. The summed E-state index contributed by atoms with van der Waals surface area (Å²) in [6.07, 6.45) is 0. The zero-order valence-electron chi connectivity index (χ0n) is 12.6. The summed E-state index contributed by atoms with van der Waals surface area (Å²) in [6, 6.07) is 4.66. The summed E-state index contributed by atoms with van der Waals surface area (Å²) in [5.41, 5.74) is -1.24. The number of ether oxygens (including phenoxy) is 1. The van der Waals surface area contributed by atoms with Crippen molar-refractivity contribution in [1.29, 1.82) is 0 Å². The molecule has 1 aliphatic carbocycles. The van der Waals surface area contributed by atoms with Gasteiger partial charge in [0.05, 0.1) is 22.7 Å². The number of benzene rings is 2. The zero-order chi connectivity index (χ0) is 18.5. The Morgan fingerprint density at radius 2 is 1.24 bits per heavy atom. The maximum atomic E-state index is 12.7. The highest BCUT2D eigenvalue weighted by Gasteiger charge is 2.33. The lowest BCUT2D eigenvalue weighted by Gasteiger charge is -2.20. The first-order valence-corrected chi connectivity index (χ1v) is 7.67. The van der Waals surface area contributed by atoms with Crippen molar-refractivity contribution in [2.24, 2.45) is 0 Å². The zero-order valence-corrected chi connectivity index (χ0v) is 14.2. The second-order valence-electron chi connectivity index (χ2n) is 5.24. The van der Waals surface area contributed by atoms with Crippen molar-refractivity contribution in [3.05, 3.63) is 62.1 Å². The normalized spacial score (nSPS) is 12.4. The fraction of sp³-hybridized carbons (Fsp3) is 0.0588. The van der Waals surface area contributed by atoms with Gasteiger partial charge in [0.15, 0.2) is 11.6 Å². The second-order valence-corrected chi connectivity index (χ2v) is 6.10. The molecule has 0 radical (unpaired) electrons. The van der Waals surface area contributed by atoms with E-state index in [-0.39, 0.29) is 22.3 Å². The van der Waals surface area contributed by atoms with E-state index < -0.39 is 34.6 Å². The molecule has 0 unspecified atom stereocenters. The quantitative estimate of drug-likeness (QED) is 0.688. The molecule has 25 heavy (non-hydrogen) atoms. The van der Waals surface area contributed by atoms with E-state index in [0.717, 1.165) is 12.1 Å². The lowest BCUT2D eigenvalue weighted by atomic mass is 9.82. The molecule has 2 aromatic carbocycles. The Kier molecular flexibility index (Phi) is 3.92. The number of rotatable bonds is 3. The summed E-state index contributed by atoms with van der Waals surface area (Å²) >= 11 is 3.23. The molecule has 0 spiro atoms. The van der Waals surface area contributed by atoms with Crippen LogP contribution in [-0.4, -0.2) is 40.8 Å². The molecule has 3 rings (SSSR count). The molecule has 0 heterocycles. The Morgan fingerprint density at radius 1 is 0.840 bits per heavy atom. The molecule has 2 aromatic rings. The number of carbonyl (C=O) groups excluding carboxylic acids is 2. The van der Waals surface area contributed by atoms with Crippen molar-refractivity contribution < 1.29 is 34.1 Å². The van der Waals surface area contributed by atoms with Gasteiger partial charge < -0.3 is 14.9 Å². The number of halogens is 1. The number of carboxylic acids is 2. The third-order valence-electron chi connectivity index (χ3n) is 3.89. The molecule has 0 atom stereocenters. The fourth-order valence-electron chi connectivity index (χ4n) is 2.70. The summed E-state index contributed by atoms with van der Waals surface area (Å²) in [5, 5.41) is 18.4. The molecule has 0 bridgehead atoms. The average molecular weight is 405 g/mol. The van der Waals surface area contributed by atoms with Crippen LogP contribution in [0.1, 0.15) is 52.6 Å². The van der Waals surface area contributed by atoms with Crippen LogP contribution in [0.15, 0.2) is 28.7 Å². The maximum absolute atomic E-state index is 12.7. The van der Waals surface area contributed by atoms with E-state index in [9.17, 15) is 29.4 Å². The van der Waals surface area contributed by atoms with Crippen LogP contribution in [-0.2, 0) is 0 Å². The Bertz CT molecular complexity index is 991. The lowest BCUT2D eigenvalue weighted by Crippen LogP contribution is -2.23. The smallest absolute Gasteiger partial charge is 0.336 e. The third kappa shape index (κ3) is 2.51. The molecular weight excluding hydrogens is 396 g/mol. The van der Waals surface area contributed by atoms with Crippen LogP contribution in [0.3, 0.4) is 0 Å².